The molecule has 49 heavy (non-hydrogen) atoms. The molecular weight excluding hydrogens is 667 g/mol. The number of aliphatic hydroxyl groups is 1. The van der Waals surface area contributed by atoms with Gasteiger partial charge < -0.3 is 37.1 Å². The van der Waals surface area contributed by atoms with Crippen molar-refractivity contribution in [1.29, 1.82) is 0 Å². The summed E-state index contributed by atoms with van der Waals surface area (Å²) in [4.78, 5) is 72.5. The number of hydrogen-bond donors (Lipinski definition) is 7. The first-order chi connectivity index (χ1) is 23.7. The molecule has 4 atom stereocenters. The molecule has 2 heterocycles. The fraction of sp³-hybridized carbons (Fsp3) is 0.441. The number of carbonyl (C=O) groups excluding carboxylic acids is 5. The van der Waals surface area contributed by atoms with Crippen LogP contribution < -0.4 is 31.9 Å². The molecule has 15 heteroatoms. The molecule has 1 aliphatic rings. The molecule has 1 aliphatic heterocycles. The van der Waals surface area contributed by atoms with E-state index in [0.29, 0.717) is 42.0 Å². The second-order valence-electron chi connectivity index (χ2n) is 11.7. The molecule has 0 bridgehead atoms. The van der Waals surface area contributed by atoms with Gasteiger partial charge in [0.2, 0.25) is 29.5 Å². The highest BCUT2D eigenvalue weighted by Crippen LogP contribution is 2.30. The number of para-hydroxylation sites is 1. The summed E-state index contributed by atoms with van der Waals surface area (Å²) in [5.41, 5.74) is 7.74. The molecule has 1 fully saturated rings. The zero-order valence-electron chi connectivity index (χ0n) is 27.5. The van der Waals surface area contributed by atoms with Gasteiger partial charge in [-0.2, -0.15) is 0 Å². The van der Waals surface area contributed by atoms with Gasteiger partial charge in [-0.1, -0.05) is 70.1 Å². The molecule has 13 nitrogen and oxygen atoms in total. The number of rotatable bonds is 8. The number of benzene rings is 2. The van der Waals surface area contributed by atoms with Crippen LogP contribution in [-0.2, 0) is 30.4 Å². The lowest BCUT2D eigenvalue weighted by Gasteiger charge is -2.33. The number of hydrogen-bond acceptors (Lipinski definition) is 9. The lowest BCUT2D eigenvalue weighted by atomic mass is 10.0. The summed E-state index contributed by atoms with van der Waals surface area (Å²) in [5, 5.41) is 22.2. The Balaban J connectivity index is 1.71. The van der Waals surface area contributed by atoms with E-state index in [1.54, 1.807) is 6.20 Å². The van der Waals surface area contributed by atoms with E-state index in [2.05, 4.69) is 26.3 Å². The molecule has 3 aromatic rings. The third-order valence-electron chi connectivity index (χ3n) is 8.03. The van der Waals surface area contributed by atoms with Crippen molar-refractivity contribution in [2.45, 2.75) is 63.3 Å². The number of amides is 5. The molecule has 5 amide bonds. The van der Waals surface area contributed by atoms with Gasteiger partial charge in [0.15, 0.2) is 0 Å². The van der Waals surface area contributed by atoms with E-state index in [4.69, 9.17) is 5.73 Å². The Morgan fingerprint density at radius 3 is 2.39 bits per heavy atom. The van der Waals surface area contributed by atoms with Crippen LogP contribution in [0.5, 0.6) is 0 Å². The summed E-state index contributed by atoms with van der Waals surface area (Å²) < 4.78 is 0. The SMILES string of the molecule is C[C@@H](O)[C@@H]1NC(=O)[C@H](CCCCN)N(c2c[nH]c3ccccc23)C(=O)CNC(=O)[C@H](Cc2ccccc2)NC(=O)CCSSCCNC1=O. The van der Waals surface area contributed by atoms with E-state index in [1.165, 1.54) is 33.4 Å². The van der Waals surface area contributed by atoms with E-state index in [1.807, 2.05) is 54.6 Å². The minimum absolute atomic E-state index is 0.163. The number of aliphatic hydroxyl groups excluding tert-OH is 1. The summed E-state index contributed by atoms with van der Waals surface area (Å²) in [6, 6.07) is 13.2. The van der Waals surface area contributed by atoms with Crippen LogP contribution in [0.3, 0.4) is 0 Å². The van der Waals surface area contributed by atoms with Crippen LogP contribution in [0.25, 0.3) is 10.9 Å². The van der Waals surface area contributed by atoms with Crippen LogP contribution in [0.4, 0.5) is 5.69 Å². The molecule has 0 radical (unpaired) electrons. The Morgan fingerprint density at radius 1 is 0.898 bits per heavy atom. The maximum atomic E-state index is 14.2. The van der Waals surface area contributed by atoms with Crippen molar-refractivity contribution in [3.63, 3.8) is 0 Å². The number of nitrogens with one attached hydrogen (secondary N) is 5. The predicted octanol–water partition coefficient (Wildman–Crippen LogP) is 1.61. The van der Waals surface area contributed by atoms with Crippen molar-refractivity contribution in [3.8, 4) is 0 Å². The van der Waals surface area contributed by atoms with E-state index in [0.717, 1.165) is 11.1 Å². The van der Waals surface area contributed by atoms with Crippen LogP contribution in [0, 0.1) is 0 Å². The quantitative estimate of drug-likeness (QED) is 0.134. The highest BCUT2D eigenvalue weighted by atomic mass is 33.1. The molecule has 1 aromatic heterocycles. The normalized spacial score (nSPS) is 21.7. The fourth-order valence-corrected chi connectivity index (χ4v) is 7.42. The summed E-state index contributed by atoms with van der Waals surface area (Å²) in [6.07, 6.45) is 2.02. The summed E-state index contributed by atoms with van der Waals surface area (Å²) >= 11 is 0. The zero-order valence-corrected chi connectivity index (χ0v) is 29.1. The molecule has 0 spiro atoms. The average Bonchev–Trinajstić information content (AvgIpc) is 3.51. The van der Waals surface area contributed by atoms with Gasteiger partial charge in [-0.25, -0.2) is 0 Å². The smallest absolute Gasteiger partial charge is 0.247 e. The first kappa shape index (κ1) is 37.8. The first-order valence-corrected chi connectivity index (χ1v) is 18.9. The lowest BCUT2D eigenvalue weighted by Crippen LogP contribution is -2.59. The third-order valence-corrected chi connectivity index (χ3v) is 10.4. The highest BCUT2D eigenvalue weighted by Gasteiger charge is 2.36. The Morgan fingerprint density at radius 2 is 1.63 bits per heavy atom. The Labute approximate surface area is 293 Å². The third kappa shape index (κ3) is 11.0. The Bertz CT molecular complexity index is 1570. The van der Waals surface area contributed by atoms with Crippen molar-refractivity contribution in [1.82, 2.24) is 26.3 Å². The molecule has 4 rings (SSSR count). The highest BCUT2D eigenvalue weighted by molar-refractivity contribution is 8.76. The minimum atomic E-state index is -1.28. The Hall–Kier alpha value is -4.05. The second-order valence-corrected chi connectivity index (χ2v) is 14.4. The number of anilines is 1. The maximum Gasteiger partial charge on any atom is 0.247 e. The van der Waals surface area contributed by atoms with Gasteiger partial charge in [0, 0.05) is 48.0 Å². The second kappa shape index (κ2) is 19.2. The van der Waals surface area contributed by atoms with Crippen molar-refractivity contribution in [2.75, 3.05) is 36.0 Å². The van der Waals surface area contributed by atoms with Gasteiger partial charge in [0.05, 0.1) is 18.3 Å². The monoisotopic (exact) mass is 711 g/mol. The molecule has 8 N–H and O–H groups in total. The molecule has 0 aliphatic carbocycles. The molecule has 0 saturated carbocycles. The van der Waals surface area contributed by atoms with E-state index < -0.39 is 54.4 Å². The number of unbranched alkanes of at least 4 members (excludes halogenated alkanes) is 1. The molecule has 0 unspecified atom stereocenters. The summed E-state index contributed by atoms with van der Waals surface area (Å²) in [5.74, 6) is -1.66. The molecule has 2 aromatic carbocycles. The number of aromatic nitrogens is 1. The molecular formula is C34H45N7O6S2. The topological polar surface area (TPSA) is 199 Å². The summed E-state index contributed by atoms with van der Waals surface area (Å²) in [7, 11) is 2.92. The van der Waals surface area contributed by atoms with Gasteiger partial charge in [0.25, 0.3) is 0 Å². The van der Waals surface area contributed by atoms with E-state index in [-0.39, 0.29) is 31.7 Å². The van der Waals surface area contributed by atoms with Gasteiger partial charge in [-0.05, 0) is 44.4 Å². The zero-order chi connectivity index (χ0) is 35.2. The lowest BCUT2D eigenvalue weighted by molar-refractivity contribution is -0.133. The first-order valence-electron chi connectivity index (χ1n) is 16.4. The number of aromatic amines is 1. The van der Waals surface area contributed by atoms with Crippen LogP contribution in [-0.4, -0.2) is 95.0 Å². The van der Waals surface area contributed by atoms with E-state index >= 15 is 0 Å². The minimum Gasteiger partial charge on any atom is -0.391 e. The number of fused-ring (bicyclic) bond motifs is 1. The van der Waals surface area contributed by atoms with Crippen LogP contribution in [0.1, 0.15) is 38.2 Å². The van der Waals surface area contributed by atoms with Crippen LogP contribution >= 0.6 is 21.6 Å². The van der Waals surface area contributed by atoms with Gasteiger partial charge in [-0.3, -0.25) is 28.9 Å². The number of H-pyrrole nitrogens is 1. The largest absolute Gasteiger partial charge is 0.391 e. The molecule has 1 saturated heterocycles. The fourth-order valence-electron chi connectivity index (χ4n) is 5.52. The maximum absolute atomic E-state index is 14.2. The van der Waals surface area contributed by atoms with Crippen molar-refractivity contribution >= 4 is 67.7 Å². The number of nitrogens with two attached hydrogens (primary N) is 1. The van der Waals surface area contributed by atoms with Gasteiger partial charge >= 0.3 is 0 Å². The standard InChI is InChI=1S/C34H45N7O6S2/c1-22(42)31-34(47)36-16-18-49-48-17-14-29(43)39-26(19-23-9-3-2-4-10-23)32(45)38-21-30(44)41(27(33(46)40-31)13-7-8-15-35)28-20-37-25-12-6-5-11-24(25)28/h2-6,9-12,20,22,26-27,31,37,42H,7-8,13-19,21,35H2,1H3,(H,36,47)(H,38,45)(H,39,43)(H,40,46)/t22-,26+,27+,31+/m1/s1. The predicted molar refractivity (Wildman–Crippen MR) is 194 cm³/mol. The summed E-state index contributed by atoms with van der Waals surface area (Å²) in [6.45, 7) is 1.56. The van der Waals surface area contributed by atoms with Gasteiger partial charge in [0.1, 0.15) is 18.1 Å². The van der Waals surface area contributed by atoms with Crippen LogP contribution in [0.2, 0.25) is 0 Å². The van der Waals surface area contributed by atoms with E-state index in [9.17, 15) is 29.1 Å². The Kier molecular flexibility index (Phi) is 14.8. The van der Waals surface area contributed by atoms with Crippen molar-refractivity contribution in [2.24, 2.45) is 5.73 Å². The van der Waals surface area contributed by atoms with Crippen molar-refractivity contribution < 1.29 is 29.1 Å². The number of carbonyl (C=O) groups is 5. The van der Waals surface area contributed by atoms with Crippen molar-refractivity contribution in [3.05, 3.63) is 66.4 Å². The number of nitrogens with zero attached hydrogens (tertiary/aromatic N) is 1. The van der Waals surface area contributed by atoms with Gasteiger partial charge in [-0.15, -0.1) is 0 Å². The molecule has 264 valence electrons. The average molecular weight is 712 g/mol. The van der Waals surface area contributed by atoms with Crippen LogP contribution in [0.15, 0.2) is 60.8 Å².